The number of piperidine rings is 1. The Labute approximate surface area is 108 Å². The first kappa shape index (κ1) is 13.5. The molecule has 1 aliphatic rings. The van der Waals surface area contributed by atoms with E-state index in [-0.39, 0.29) is 5.25 Å². The van der Waals surface area contributed by atoms with Crippen molar-refractivity contribution in [2.24, 2.45) is 0 Å². The fraction of sp³-hybridized carbons (Fsp3) is 0.583. The number of aryl methyl sites for hydroxylation is 1. The lowest BCUT2D eigenvalue weighted by atomic mass is 10.2. The number of aromatic nitrogens is 1. The first-order chi connectivity index (χ1) is 8.58. The highest BCUT2D eigenvalue weighted by Gasteiger charge is 2.26. The predicted octanol–water partition coefficient (Wildman–Crippen LogP) is 0.561. The third-order valence-corrected chi connectivity index (χ3v) is 5.07. The normalized spacial score (nSPS) is 17.8. The smallest absolute Gasteiger partial charge is 0.214 e. The van der Waals surface area contributed by atoms with Crippen LogP contribution in [-0.4, -0.2) is 31.7 Å². The van der Waals surface area contributed by atoms with Gasteiger partial charge in [0, 0.05) is 18.4 Å². The lowest BCUT2D eigenvalue weighted by molar-refractivity contribution is 0.489. The molecule has 1 saturated heterocycles. The molecule has 0 aromatic carbocycles. The molecule has 0 radical (unpaired) electrons. The van der Waals surface area contributed by atoms with Gasteiger partial charge in [0.2, 0.25) is 10.0 Å². The number of rotatable bonds is 4. The monoisotopic (exact) mass is 269 g/mol. The van der Waals surface area contributed by atoms with E-state index in [9.17, 15) is 8.42 Å². The zero-order chi connectivity index (χ0) is 13.0. The van der Waals surface area contributed by atoms with Crippen LogP contribution in [0.5, 0.6) is 0 Å². The fourth-order valence-electron chi connectivity index (χ4n) is 2.01. The highest BCUT2D eigenvalue weighted by atomic mass is 32.2. The summed E-state index contributed by atoms with van der Waals surface area (Å²) in [6, 6.07) is 3.78. The molecule has 0 unspecified atom stereocenters. The van der Waals surface area contributed by atoms with Crippen LogP contribution in [0.15, 0.2) is 18.3 Å². The topological polar surface area (TPSA) is 71.1 Å². The molecule has 0 saturated carbocycles. The van der Waals surface area contributed by atoms with Gasteiger partial charge in [-0.2, -0.15) is 0 Å². The van der Waals surface area contributed by atoms with Crippen LogP contribution in [-0.2, 0) is 16.6 Å². The van der Waals surface area contributed by atoms with Crippen molar-refractivity contribution in [1.82, 2.24) is 15.0 Å². The molecule has 100 valence electrons. The summed E-state index contributed by atoms with van der Waals surface area (Å²) in [6.07, 6.45) is 3.07. The average Bonchev–Trinajstić information content (AvgIpc) is 2.39. The van der Waals surface area contributed by atoms with Gasteiger partial charge in [0.1, 0.15) is 0 Å². The highest BCUT2D eigenvalue weighted by Crippen LogP contribution is 2.12. The van der Waals surface area contributed by atoms with Crippen molar-refractivity contribution < 1.29 is 8.42 Å². The van der Waals surface area contributed by atoms with E-state index < -0.39 is 10.0 Å². The minimum Gasteiger partial charge on any atom is -0.317 e. The Hall–Kier alpha value is -0.980. The molecular weight excluding hydrogens is 250 g/mol. The minimum atomic E-state index is -3.21. The Balaban J connectivity index is 1.94. The SMILES string of the molecule is Cc1ccc(CNS(=O)(=O)C2CCNCC2)cn1. The van der Waals surface area contributed by atoms with Gasteiger partial charge in [-0.1, -0.05) is 6.07 Å². The maximum absolute atomic E-state index is 12.1. The van der Waals surface area contributed by atoms with Crippen molar-refractivity contribution in [3.63, 3.8) is 0 Å². The number of hydrogen-bond donors (Lipinski definition) is 2. The first-order valence-corrected chi connectivity index (χ1v) is 7.73. The number of nitrogens with one attached hydrogen (secondary N) is 2. The quantitative estimate of drug-likeness (QED) is 0.838. The molecule has 1 aromatic heterocycles. The largest absolute Gasteiger partial charge is 0.317 e. The minimum absolute atomic E-state index is 0.267. The van der Waals surface area contributed by atoms with E-state index in [0.29, 0.717) is 19.4 Å². The zero-order valence-corrected chi connectivity index (χ0v) is 11.3. The van der Waals surface area contributed by atoms with Crippen molar-refractivity contribution in [3.8, 4) is 0 Å². The van der Waals surface area contributed by atoms with Crippen LogP contribution in [0.1, 0.15) is 24.1 Å². The molecule has 0 bridgehead atoms. The summed E-state index contributed by atoms with van der Waals surface area (Å²) in [5.74, 6) is 0. The maximum atomic E-state index is 12.1. The van der Waals surface area contributed by atoms with E-state index in [4.69, 9.17) is 0 Å². The molecule has 0 atom stereocenters. The Morgan fingerprint density at radius 3 is 2.72 bits per heavy atom. The summed E-state index contributed by atoms with van der Waals surface area (Å²) in [7, 11) is -3.21. The van der Waals surface area contributed by atoms with E-state index in [1.54, 1.807) is 6.20 Å². The number of sulfonamides is 1. The molecule has 1 aliphatic heterocycles. The lowest BCUT2D eigenvalue weighted by Gasteiger charge is -2.22. The Kier molecular flexibility index (Phi) is 4.31. The van der Waals surface area contributed by atoms with Crippen molar-refractivity contribution in [2.75, 3.05) is 13.1 Å². The maximum Gasteiger partial charge on any atom is 0.214 e. The van der Waals surface area contributed by atoms with Crippen molar-refractivity contribution in [3.05, 3.63) is 29.6 Å². The molecular formula is C12H19N3O2S. The number of pyridine rings is 1. The van der Waals surface area contributed by atoms with Crippen LogP contribution in [0.25, 0.3) is 0 Å². The summed E-state index contributed by atoms with van der Waals surface area (Å²) in [6.45, 7) is 3.78. The molecule has 18 heavy (non-hydrogen) atoms. The van der Waals surface area contributed by atoms with Gasteiger partial charge in [0.05, 0.1) is 5.25 Å². The fourth-order valence-corrected chi connectivity index (χ4v) is 3.47. The van der Waals surface area contributed by atoms with E-state index in [1.165, 1.54) is 0 Å². The molecule has 2 N–H and O–H groups in total. The Morgan fingerprint density at radius 1 is 1.39 bits per heavy atom. The standard InChI is InChI=1S/C12H19N3O2S/c1-10-2-3-11(8-14-10)9-15-18(16,17)12-4-6-13-7-5-12/h2-3,8,12-13,15H,4-7,9H2,1H3. The summed E-state index contributed by atoms with van der Waals surface area (Å²) in [5, 5.41) is 2.90. The van der Waals surface area contributed by atoms with Crippen LogP contribution in [0, 0.1) is 6.92 Å². The zero-order valence-electron chi connectivity index (χ0n) is 10.5. The Morgan fingerprint density at radius 2 is 2.11 bits per heavy atom. The van der Waals surface area contributed by atoms with Gasteiger partial charge in [0.15, 0.2) is 0 Å². The second kappa shape index (κ2) is 5.77. The molecule has 6 heteroatoms. The van der Waals surface area contributed by atoms with E-state index in [1.807, 2.05) is 19.1 Å². The summed E-state index contributed by atoms with van der Waals surface area (Å²) in [5.41, 5.74) is 1.82. The predicted molar refractivity (Wildman–Crippen MR) is 70.6 cm³/mol. The van der Waals surface area contributed by atoms with E-state index in [0.717, 1.165) is 24.3 Å². The lowest BCUT2D eigenvalue weighted by Crippen LogP contribution is -2.41. The number of hydrogen-bond acceptors (Lipinski definition) is 4. The average molecular weight is 269 g/mol. The van der Waals surface area contributed by atoms with Gasteiger partial charge in [-0.05, 0) is 44.5 Å². The van der Waals surface area contributed by atoms with Crippen LogP contribution in [0.2, 0.25) is 0 Å². The summed E-state index contributed by atoms with van der Waals surface area (Å²) in [4.78, 5) is 4.15. The van der Waals surface area contributed by atoms with Crippen LogP contribution in [0.4, 0.5) is 0 Å². The molecule has 0 amide bonds. The molecule has 5 nitrogen and oxygen atoms in total. The second-order valence-electron chi connectivity index (χ2n) is 4.62. The van der Waals surface area contributed by atoms with Crippen LogP contribution >= 0.6 is 0 Å². The van der Waals surface area contributed by atoms with Gasteiger partial charge in [0.25, 0.3) is 0 Å². The van der Waals surface area contributed by atoms with E-state index >= 15 is 0 Å². The summed E-state index contributed by atoms with van der Waals surface area (Å²) >= 11 is 0. The van der Waals surface area contributed by atoms with Crippen LogP contribution in [0.3, 0.4) is 0 Å². The third kappa shape index (κ3) is 3.51. The second-order valence-corrected chi connectivity index (χ2v) is 6.67. The van der Waals surface area contributed by atoms with Crippen molar-refractivity contribution >= 4 is 10.0 Å². The molecule has 2 rings (SSSR count). The molecule has 1 fully saturated rings. The highest BCUT2D eigenvalue weighted by molar-refractivity contribution is 7.90. The molecule has 2 heterocycles. The van der Waals surface area contributed by atoms with Gasteiger partial charge in [-0.3, -0.25) is 4.98 Å². The molecule has 1 aromatic rings. The van der Waals surface area contributed by atoms with Crippen molar-refractivity contribution in [1.29, 1.82) is 0 Å². The molecule has 0 spiro atoms. The van der Waals surface area contributed by atoms with Crippen LogP contribution < -0.4 is 10.0 Å². The molecule has 0 aliphatic carbocycles. The summed E-state index contributed by atoms with van der Waals surface area (Å²) < 4.78 is 26.8. The van der Waals surface area contributed by atoms with Gasteiger partial charge in [-0.25, -0.2) is 13.1 Å². The third-order valence-electron chi connectivity index (χ3n) is 3.18. The van der Waals surface area contributed by atoms with Gasteiger partial charge in [-0.15, -0.1) is 0 Å². The van der Waals surface area contributed by atoms with Gasteiger partial charge >= 0.3 is 0 Å². The van der Waals surface area contributed by atoms with E-state index in [2.05, 4.69) is 15.0 Å². The first-order valence-electron chi connectivity index (χ1n) is 6.19. The van der Waals surface area contributed by atoms with Crippen molar-refractivity contribution in [2.45, 2.75) is 31.6 Å². The van der Waals surface area contributed by atoms with Gasteiger partial charge < -0.3 is 5.32 Å². The Bertz CT molecular complexity index is 479. The number of nitrogens with zero attached hydrogens (tertiary/aromatic N) is 1.